The van der Waals surface area contributed by atoms with Gasteiger partial charge in [-0.25, -0.2) is 15.0 Å². The maximum Gasteiger partial charge on any atom is 0.0972 e. The van der Waals surface area contributed by atoms with Gasteiger partial charge in [0.15, 0.2) is 0 Å². The topological polar surface area (TPSA) is 38.7 Å². The number of aromatic nitrogens is 3. The zero-order valence-corrected chi connectivity index (χ0v) is 31.5. The molecule has 0 amide bonds. The molecule has 0 radical (unpaired) electrons. The average molecular weight is 742 g/mol. The summed E-state index contributed by atoms with van der Waals surface area (Å²) in [6.07, 6.45) is 0. The van der Waals surface area contributed by atoms with Crippen molar-refractivity contribution < 1.29 is 0 Å². The van der Waals surface area contributed by atoms with E-state index in [1.54, 1.807) is 0 Å². The van der Waals surface area contributed by atoms with E-state index in [2.05, 4.69) is 170 Å². The van der Waals surface area contributed by atoms with Crippen LogP contribution in [0.2, 0.25) is 0 Å². The number of rotatable bonds is 4. The maximum absolute atomic E-state index is 5.50. The van der Waals surface area contributed by atoms with Gasteiger partial charge in [-0.1, -0.05) is 152 Å². The van der Waals surface area contributed by atoms with E-state index in [9.17, 15) is 0 Å². The van der Waals surface area contributed by atoms with Crippen LogP contribution in [0, 0.1) is 0 Å². The highest BCUT2D eigenvalue weighted by Crippen LogP contribution is 2.46. The Balaban J connectivity index is 0.977. The molecule has 8 aromatic carbocycles. The first-order valence-corrected chi connectivity index (χ1v) is 20.1. The van der Waals surface area contributed by atoms with Crippen LogP contribution in [0.25, 0.3) is 119 Å². The van der Waals surface area contributed by atoms with Crippen LogP contribution in [0.4, 0.5) is 0 Å². The predicted octanol–water partition coefficient (Wildman–Crippen LogP) is 14.7. The highest BCUT2D eigenvalue weighted by molar-refractivity contribution is 7.26. The van der Waals surface area contributed by atoms with Crippen LogP contribution in [-0.2, 0) is 0 Å². The molecule has 264 valence electrons. The Kier molecular flexibility index (Phi) is 7.10. The van der Waals surface area contributed by atoms with Crippen LogP contribution in [0.5, 0.6) is 0 Å². The molecule has 0 aliphatic rings. The minimum absolute atomic E-state index is 0.914. The number of benzene rings is 8. The number of pyridine rings is 3. The van der Waals surface area contributed by atoms with Gasteiger partial charge in [-0.15, -0.1) is 11.3 Å². The van der Waals surface area contributed by atoms with Crippen molar-refractivity contribution in [1.82, 2.24) is 15.0 Å². The van der Waals surface area contributed by atoms with Crippen molar-refractivity contribution in [3.05, 3.63) is 188 Å². The molecule has 0 unspecified atom stereocenters. The van der Waals surface area contributed by atoms with Gasteiger partial charge in [0.25, 0.3) is 0 Å². The molecule has 12 aromatic rings. The van der Waals surface area contributed by atoms with Crippen LogP contribution < -0.4 is 0 Å². The third kappa shape index (κ3) is 5.15. The lowest BCUT2D eigenvalue weighted by Gasteiger charge is -2.14. The van der Waals surface area contributed by atoms with Crippen molar-refractivity contribution in [2.75, 3.05) is 0 Å². The fraction of sp³-hybridized carbons (Fsp3) is 0. The molecule has 57 heavy (non-hydrogen) atoms. The van der Waals surface area contributed by atoms with Crippen LogP contribution >= 0.6 is 11.3 Å². The van der Waals surface area contributed by atoms with Gasteiger partial charge in [-0.05, 0) is 69.1 Å². The molecule has 0 saturated heterocycles. The Morgan fingerprint density at radius 1 is 0.351 bits per heavy atom. The smallest absolute Gasteiger partial charge is 0.0972 e. The summed E-state index contributed by atoms with van der Waals surface area (Å²) in [5.74, 6) is 0. The molecule has 0 fully saturated rings. The van der Waals surface area contributed by atoms with Gasteiger partial charge in [0, 0.05) is 53.0 Å². The van der Waals surface area contributed by atoms with Crippen LogP contribution in [0.3, 0.4) is 0 Å². The summed E-state index contributed by atoms with van der Waals surface area (Å²) in [6, 6.07) is 67.1. The van der Waals surface area contributed by atoms with E-state index < -0.39 is 0 Å². The highest BCUT2D eigenvalue weighted by Gasteiger charge is 2.19. The van der Waals surface area contributed by atoms with E-state index in [0.717, 1.165) is 66.7 Å². The first-order valence-electron chi connectivity index (χ1n) is 19.3. The minimum atomic E-state index is 0.914. The molecule has 0 aliphatic heterocycles. The normalized spacial score (nSPS) is 11.9. The number of nitrogens with zero attached hydrogens (tertiary/aromatic N) is 3. The van der Waals surface area contributed by atoms with Crippen LogP contribution in [0.15, 0.2) is 188 Å². The van der Waals surface area contributed by atoms with E-state index in [1.807, 2.05) is 29.5 Å². The molecule has 0 spiro atoms. The molecule has 0 aliphatic carbocycles. The Bertz CT molecular complexity index is 3570. The van der Waals surface area contributed by atoms with Gasteiger partial charge in [0.1, 0.15) is 0 Å². The summed E-state index contributed by atoms with van der Waals surface area (Å²) in [7, 11) is 0. The molecule has 4 aromatic heterocycles. The number of hydrogen-bond acceptors (Lipinski definition) is 4. The highest BCUT2D eigenvalue weighted by atomic mass is 32.1. The molecule has 0 N–H and O–H groups in total. The van der Waals surface area contributed by atoms with Crippen molar-refractivity contribution in [2.24, 2.45) is 0 Å². The molecule has 4 heteroatoms. The Labute approximate surface area is 332 Å². The van der Waals surface area contributed by atoms with Gasteiger partial charge in [0.05, 0.1) is 33.6 Å². The average Bonchev–Trinajstić information content (AvgIpc) is 3.68. The lowest BCUT2D eigenvalue weighted by Crippen LogP contribution is -1.91. The molecule has 0 saturated carbocycles. The monoisotopic (exact) mass is 741 g/mol. The van der Waals surface area contributed by atoms with Gasteiger partial charge in [-0.3, -0.25) is 0 Å². The van der Waals surface area contributed by atoms with Gasteiger partial charge < -0.3 is 0 Å². The SMILES string of the molecule is c1ccc(-c2ccc3ccc4ccc(-c5ccc(-c6ccc7nc(-c8cc9ccccc9c9ccccc89)c8c9ccccc9sc8c7c6)cc5)nc4c3n2)cc1. The molecule has 4 heterocycles. The second-order valence-corrected chi connectivity index (χ2v) is 15.8. The van der Waals surface area contributed by atoms with Gasteiger partial charge >= 0.3 is 0 Å². The fourth-order valence-electron chi connectivity index (χ4n) is 8.62. The van der Waals surface area contributed by atoms with Crippen molar-refractivity contribution >= 4 is 85.8 Å². The van der Waals surface area contributed by atoms with Crippen molar-refractivity contribution in [2.45, 2.75) is 0 Å². The second kappa shape index (κ2) is 12.6. The quantitative estimate of drug-likeness (QED) is 0.169. The second-order valence-electron chi connectivity index (χ2n) is 14.7. The Hall–Kier alpha value is -7.27. The first-order chi connectivity index (χ1) is 28.2. The largest absolute Gasteiger partial charge is 0.247 e. The van der Waals surface area contributed by atoms with Gasteiger partial charge in [-0.2, -0.15) is 0 Å². The minimum Gasteiger partial charge on any atom is -0.247 e. The molecular formula is C53H31N3S. The number of fused-ring (bicyclic) bond motifs is 11. The zero-order valence-electron chi connectivity index (χ0n) is 30.6. The lowest BCUT2D eigenvalue weighted by molar-refractivity contribution is 1.36. The summed E-state index contributed by atoms with van der Waals surface area (Å²) in [6.45, 7) is 0. The number of thiophene rings is 1. The number of hydrogen-bond donors (Lipinski definition) is 0. The van der Waals surface area contributed by atoms with E-state index in [4.69, 9.17) is 15.0 Å². The van der Waals surface area contributed by atoms with Crippen molar-refractivity contribution in [3.63, 3.8) is 0 Å². The molecular weight excluding hydrogens is 711 g/mol. The van der Waals surface area contributed by atoms with Crippen molar-refractivity contribution in [3.8, 4) is 44.9 Å². The standard InChI is InChI=1S/C53H31N3S/c1-2-10-33(11-3-1)45-27-24-35-22-23-36-25-28-46(55-51(36)50(35)54-45)34-20-18-32(19-21-34)37-26-29-47-44(30-37)53-49(42-16-8-9-17-48(42)57-53)52(56-47)43-31-38-12-4-5-13-39(38)40-14-6-7-15-41(40)43/h1-31H. The molecule has 0 atom stereocenters. The Morgan fingerprint density at radius 2 is 0.930 bits per heavy atom. The molecule has 3 nitrogen and oxygen atoms in total. The molecule has 0 bridgehead atoms. The Morgan fingerprint density at radius 3 is 1.68 bits per heavy atom. The molecule has 12 rings (SSSR count). The summed E-state index contributed by atoms with van der Waals surface area (Å²) >= 11 is 1.86. The fourth-order valence-corrected chi connectivity index (χ4v) is 9.85. The third-order valence-electron chi connectivity index (χ3n) is 11.4. The van der Waals surface area contributed by atoms with E-state index >= 15 is 0 Å². The first kappa shape index (κ1) is 32.0. The predicted molar refractivity (Wildman–Crippen MR) is 242 cm³/mol. The van der Waals surface area contributed by atoms with E-state index in [1.165, 1.54) is 52.7 Å². The summed E-state index contributed by atoms with van der Waals surface area (Å²) in [5, 5.41) is 10.8. The lowest BCUT2D eigenvalue weighted by atomic mass is 9.93. The zero-order chi connectivity index (χ0) is 37.5. The van der Waals surface area contributed by atoms with E-state index in [-0.39, 0.29) is 0 Å². The summed E-state index contributed by atoms with van der Waals surface area (Å²) < 4.78 is 2.54. The van der Waals surface area contributed by atoms with Crippen LogP contribution in [-0.4, -0.2) is 15.0 Å². The van der Waals surface area contributed by atoms with Crippen LogP contribution in [0.1, 0.15) is 0 Å². The summed E-state index contributed by atoms with van der Waals surface area (Å²) in [5.41, 5.74) is 11.4. The summed E-state index contributed by atoms with van der Waals surface area (Å²) in [4.78, 5) is 15.8. The van der Waals surface area contributed by atoms with Gasteiger partial charge in [0.2, 0.25) is 0 Å². The van der Waals surface area contributed by atoms with Crippen molar-refractivity contribution in [1.29, 1.82) is 0 Å². The van der Waals surface area contributed by atoms with E-state index in [0.29, 0.717) is 0 Å². The maximum atomic E-state index is 5.50. The third-order valence-corrected chi connectivity index (χ3v) is 12.6.